The third-order valence-corrected chi connectivity index (χ3v) is 14.7. The van der Waals surface area contributed by atoms with Crippen LogP contribution in [-0.2, 0) is 17.7 Å². The molecule has 9 atom stereocenters. The van der Waals surface area contributed by atoms with E-state index in [1.807, 2.05) is 0 Å². The summed E-state index contributed by atoms with van der Waals surface area (Å²) in [4.78, 5) is 0. The van der Waals surface area contributed by atoms with Gasteiger partial charge in [-0.1, -0.05) is 19.9 Å². The van der Waals surface area contributed by atoms with E-state index >= 15 is 4.39 Å². The number of fused-ring (bicyclic) bond motifs is 5. The maximum absolute atomic E-state index is 18.9. The second-order valence-electron chi connectivity index (χ2n) is 18.5. The van der Waals surface area contributed by atoms with Gasteiger partial charge in [0.05, 0.1) is 23.9 Å². The zero-order chi connectivity index (χ0) is 31.2. The van der Waals surface area contributed by atoms with Gasteiger partial charge in [-0.3, -0.25) is 0 Å². The van der Waals surface area contributed by atoms with Crippen LogP contribution in [0, 0.1) is 22.7 Å². The van der Waals surface area contributed by atoms with Gasteiger partial charge in [-0.25, -0.2) is 4.39 Å². The summed E-state index contributed by atoms with van der Waals surface area (Å²) in [6, 6.07) is 0. The van der Waals surface area contributed by atoms with Gasteiger partial charge in [0.25, 0.3) is 0 Å². The summed E-state index contributed by atoms with van der Waals surface area (Å²) in [5.41, 5.74) is -1.32. The maximum Gasteiger partial charge on any atom is 0.184 e. The Bertz CT molecular complexity index is 1030. The number of hydrogen-bond donors (Lipinski definition) is 0. The number of halogens is 1. The van der Waals surface area contributed by atoms with Crippen molar-refractivity contribution in [2.24, 2.45) is 22.7 Å². The predicted octanol–water partition coefficient (Wildman–Crippen LogP) is 9.53. The molecule has 0 aromatic rings. The Morgan fingerprint density at radius 1 is 0.707 bits per heavy atom. The molecular formula is C32H63FO4Si4. The van der Waals surface area contributed by atoms with Crippen LogP contribution in [0.5, 0.6) is 0 Å². The molecule has 4 aliphatic rings. The van der Waals surface area contributed by atoms with Crippen LogP contribution in [-0.4, -0.2) is 62.9 Å². The molecule has 4 nitrogen and oxygen atoms in total. The lowest BCUT2D eigenvalue weighted by atomic mass is 9.43. The fraction of sp³-hybridized carbons (Fsp3) is 0.938. The molecule has 238 valence electrons. The molecule has 0 N–H and O–H groups in total. The highest BCUT2D eigenvalue weighted by Crippen LogP contribution is 2.72. The van der Waals surface area contributed by atoms with Crippen molar-refractivity contribution < 1.29 is 22.1 Å². The van der Waals surface area contributed by atoms with Gasteiger partial charge >= 0.3 is 0 Å². The SMILES string of the molecule is CC1(O[Si](C)(C)C)CCC2C3CC(O[Si](C)(C)C)C4=CC(O[Si](C)(C)C)CCC4(C)C3(F)C(O[Si](C)(C)C)CC21C. The first-order valence-corrected chi connectivity index (χ1v) is 30.0. The van der Waals surface area contributed by atoms with E-state index in [-0.39, 0.29) is 35.1 Å². The van der Waals surface area contributed by atoms with E-state index in [0.29, 0.717) is 0 Å². The first-order chi connectivity index (χ1) is 18.2. The number of rotatable bonds is 8. The third-order valence-electron chi connectivity index (χ3n) is 10.7. The molecular weight excluding hydrogens is 580 g/mol. The standard InChI is InChI=1S/C32H63FO4Si4/c1-29-18-16-23(34-38(4,5)6)20-26(29)27(35-39(7,8)9)21-25-24-17-19-31(3,37-41(13,14)15)30(24,2)22-28(32(25,29)33)36-40(10,11)12/h20,23-25,27-28H,16-19,21-22H2,1-15H3. The Labute approximate surface area is 256 Å². The van der Waals surface area contributed by atoms with Crippen molar-refractivity contribution in [2.75, 3.05) is 0 Å². The molecule has 0 spiro atoms. The number of alkyl halides is 1. The Morgan fingerprint density at radius 3 is 1.78 bits per heavy atom. The molecule has 4 aliphatic carbocycles. The fourth-order valence-corrected chi connectivity index (χ4v) is 14.3. The summed E-state index contributed by atoms with van der Waals surface area (Å²) >= 11 is 0. The molecule has 0 saturated heterocycles. The molecule has 0 heterocycles. The molecule has 0 radical (unpaired) electrons. The van der Waals surface area contributed by atoms with Gasteiger partial charge in [-0.15, -0.1) is 0 Å². The highest BCUT2D eigenvalue weighted by atomic mass is 28.4. The molecule has 0 aromatic carbocycles. The lowest BCUT2D eigenvalue weighted by molar-refractivity contribution is -0.227. The van der Waals surface area contributed by atoms with E-state index in [1.165, 1.54) is 5.57 Å². The molecule has 3 fully saturated rings. The quantitative estimate of drug-likeness (QED) is 0.195. The van der Waals surface area contributed by atoms with Crippen molar-refractivity contribution in [1.82, 2.24) is 0 Å². The van der Waals surface area contributed by atoms with Crippen LogP contribution in [0.2, 0.25) is 78.6 Å². The smallest absolute Gasteiger partial charge is 0.184 e. The lowest BCUT2D eigenvalue weighted by Gasteiger charge is -2.67. The van der Waals surface area contributed by atoms with Crippen molar-refractivity contribution >= 4 is 33.3 Å². The molecule has 9 heteroatoms. The Balaban J connectivity index is 1.89. The van der Waals surface area contributed by atoms with Gasteiger partial charge in [0.1, 0.15) is 5.67 Å². The first-order valence-electron chi connectivity index (χ1n) is 16.4. The molecule has 0 aromatic heterocycles. The van der Waals surface area contributed by atoms with E-state index in [1.54, 1.807) is 0 Å². The lowest BCUT2D eigenvalue weighted by Crippen LogP contribution is -2.72. The average Bonchev–Trinajstić information content (AvgIpc) is 2.96. The summed E-state index contributed by atoms with van der Waals surface area (Å²) in [6.07, 6.45) is 6.97. The minimum atomic E-state index is -2.06. The van der Waals surface area contributed by atoms with Crippen molar-refractivity contribution in [2.45, 2.75) is 167 Å². The van der Waals surface area contributed by atoms with Gasteiger partial charge in [0.2, 0.25) is 0 Å². The van der Waals surface area contributed by atoms with Crippen LogP contribution in [0.15, 0.2) is 11.6 Å². The molecule has 41 heavy (non-hydrogen) atoms. The molecule has 0 bridgehead atoms. The monoisotopic (exact) mass is 642 g/mol. The van der Waals surface area contributed by atoms with Crippen LogP contribution in [0.3, 0.4) is 0 Å². The van der Waals surface area contributed by atoms with E-state index in [2.05, 4.69) is 105 Å². The Hall–Kier alpha value is 0.378. The van der Waals surface area contributed by atoms with E-state index in [9.17, 15) is 0 Å². The second-order valence-corrected chi connectivity index (χ2v) is 36.3. The Kier molecular flexibility index (Phi) is 8.74. The minimum absolute atomic E-state index is 0.0442. The first kappa shape index (κ1) is 34.3. The van der Waals surface area contributed by atoms with Crippen molar-refractivity contribution in [3.63, 3.8) is 0 Å². The summed E-state index contributed by atoms with van der Waals surface area (Å²) in [7, 11) is -7.56. The Morgan fingerprint density at radius 2 is 1.27 bits per heavy atom. The summed E-state index contributed by atoms with van der Waals surface area (Å²) in [6.45, 7) is 34.1. The summed E-state index contributed by atoms with van der Waals surface area (Å²) < 4.78 is 46.7. The van der Waals surface area contributed by atoms with Crippen molar-refractivity contribution in [3.05, 3.63) is 11.6 Å². The second kappa shape index (κ2) is 10.5. The van der Waals surface area contributed by atoms with Crippen LogP contribution < -0.4 is 0 Å². The van der Waals surface area contributed by atoms with Crippen molar-refractivity contribution in [1.29, 1.82) is 0 Å². The third kappa shape index (κ3) is 6.40. The zero-order valence-electron chi connectivity index (χ0n) is 29.2. The fourth-order valence-electron chi connectivity index (χ4n) is 9.36. The molecule has 0 aliphatic heterocycles. The maximum atomic E-state index is 18.9. The van der Waals surface area contributed by atoms with Gasteiger partial charge < -0.3 is 17.7 Å². The minimum Gasteiger partial charge on any atom is -0.412 e. The van der Waals surface area contributed by atoms with Gasteiger partial charge in [-0.05, 0) is 136 Å². The largest absolute Gasteiger partial charge is 0.412 e. The van der Waals surface area contributed by atoms with Gasteiger partial charge in [0, 0.05) is 16.7 Å². The zero-order valence-corrected chi connectivity index (χ0v) is 33.2. The topological polar surface area (TPSA) is 36.9 Å². The molecule has 9 unspecified atom stereocenters. The van der Waals surface area contributed by atoms with Crippen LogP contribution in [0.4, 0.5) is 4.39 Å². The van der Waals surface area contributed by atoms with E-state index in [4.69, 9.17) is 17.7 Å². The average molecular weight is 643 g/mol. The molecule has 0 amide bonds. The van der Waals surface area contributed by atoms with Crippen LogP contribution >= 0.6 is 0 Å². The van der Waals surface area contributed by atoms with E-state index in [0.717, 1.165) is 38.5 Å². The van der Waals surface area contributed by atoms with E-state index < -0.39 is 50.5 Å². The van der Waals surface area contributed by atoms with Crippen molar-refractivity contribution in [3.8, 4) is 0 Å². The molecule has 4 rings (SSSR count). The highest BCUT2D eigenvalue weighted by molar-refractivity contribution is 6.70. The van der Waals surface area contributed by atoms with Crippen LogP contribution in [0.25, 0.3) is 0 Å². The highest BCUT2D eigenvalue weighted by Gasteiger charge is 2.75. The molecule has 3 saturated carbocycles. The summed E-state index contributed by atoms with van der Waals surface area (Å²) in [5.74, 6) is 0.130. The summed E-state index contributed by atoms with van der Waals surface area (Å²) in [5, 5.41) is 0. The van der Waals surface area contributed by atoms with Gasteiger partial charge in [0.15, 0.2) is 33.3 Å². The predicted molar refractivity (Wildman–Crippen MR) is 180 cm³/mol. The number of hydrogen-bond acceptors (Lipinski definition) is 4. The van der Waals surface area contributed by atoms with Crippen LogP contribution in [0.1, 0.15) is 59.3 Å². The van der Waals surface area contributed by atoms with Gasteiger partial charge in [-0.2, -0.15) is 0 Å². The normalized spacial score (nSPS) is 43.7.